The third-order valence-electron chi connectivity index (χ3n) is 2.74. The molecule has 1 saturated heterocycles. The van der Waals surface area contributed by atoms with Gasteiger partial charge < -0.3 is 10.2 Å². The van der Waals surface area contributed by atoms with Crippen LogP contribution < -0.4 is 16.0 Å². The number of nitrogens with one attached hydrogen (secondary N) is 2. The monoisotopic (exact) mass is 272 g/mol. The van der Waals surface area contributed by atoms with E-state index in [4.69, 9.17) is 10.6 Å². The number of anilines is 1. The molecule has 100 valence electrons. The van der Waals surface area contributed by atoms with E-state index < -0.39 is 10.0 Å². The minimum Gasteiger partial charge on any atom is -0.381 e. The minimum atomic E-state index is -3.52. The molecule has 1 aromatic rings. The van der Waals surface area contributed by atoms with Crippen LogP contribution in [-0.4, -0.2) is 32.7 Å². The first-order valence-corrected chi connectivity index (χ1v) is 7.13. The van der Waals surface area contributed by atoms with Gasteiger partial charge in [0.1, 0.15) is 10.7 Å². The number of rotatable bonds is 4. The molecule has 18 heavy (non-hydrogen) atoms. The summed E-state index contributed by atoms with van der Waals surface area (Å²) in [4.78, 5) is 4.01. The summed E-state index contributed by atoms with van der Waals surface area (Å²) in [6, 6.07) is 2.90. The maximum atomic E-state index is 12.1. The second-order valence-corrected chi connectivity index (χ2v) is 5.75. The molecule has 0 aliphatic carbocycles. The van der Waals surface area contributed by atoms with Crippen molar-refractivity contribution in [2.45, 2.75) is 23.8 Å². The highest BCUT2D eigenvalue weighted by Gasteiger charge is 2.22. The summed E-state index contributed by atoms with van der Waals surface area (Å²) >= 11 is 0. The third kappa shape index (κ3) is 3.16. The summed E-state index contributed by atoms with van der Waals surface area (Å²) in [6.45, 7) is 1.17. The van der Waals surface area contributed by atoms with Crippen LogP contribution in [0.1, 0.15) is 12.8 Å². The molecule has 0 aromatic carbocycles. The van der Waals surface area contributed by atoms with Crippen LogP contribution in [0.4, 0.5) is 5.82 Å². The molecule has 0 bridgehead atoms. The van der Waals surface area contributed by atoms with Gasteiger partial charge in [0, 0.05) is 25.5 Å². The molecular formula is C10H16N4O3S. The minimum absolute atomic E-state index is 0.0731. The number of hydrazine groups is 1. The van der Waals surface area contributed by atoms with Crippen LogP contribution in [0.5, 0.6) is 0 Å². The topological polar surface area (TPSA) is 106 Å². The number of pyridine rings is 1. The molecule has 1 fully saturated rings. The lowest BCUT2D eigenvalue weighted by molar-refractivity contribution is 0.0832. The van der Waals surface area contributed by atoms with E-state index in [2.05, 4.69) is 15.1 Å². The second-order valence-electron chi connectivity index (χ2n) is 4.03. The van der Waals surface area contributed by atoms with Crippen molar-refractivity contribution >= 4 is 15.8 Å². The zero-order valence-corrected chi connectivity index (χ0v) is 10.6. The van der Waals surface area contributed by atoms with E-state index in [9.17, 15) is 8.42 Å². The summed E-state index contributed by atoms with van der Waals surface area (Å²) < 4.78 is 31.9. The van der Waals surface area contributed by atoms with Gasteiger partial charge in [-0.05, 0) is 25.0 Å². The van der Waals surface area contributed by atoms with E-state index in [1.807, 2.05) is 0 Å². The molecule has 7 nitrogen and oxygen atoms in total. The second kappa shape index (κ2) is 5.61. The Labute approximate surface area is 106 Å². The molecule has 1 aliphatic heterocycles. The SMILES string of the molecule is NNc1ccc(S(=O)(=O)NC2CCOCC2)cn1. The smallest absolute Gasteiger partial charge is 0.242 e. The van der Waals surface area contributed by atoms with Crippen molar-refractivity contribution in [1.29, 1.82) is 0 Å². The fraction of sp³-hybridized carbons (Fsp3) is 0.500. The fourth-order valence-corrected chi connectivity index (χ4v) is 2.98. The molecule has 2 heterocycles. The molecule has 1 aliphatic rings. The maximum absolute atomic E-state index is 12.1. The summed E-state index contributed by atoms with van der Waals surface area (Å²) in [5.74, 6) is 5.58. The molecule has 0 radical (unpaired) electrons. The van der Waals surface area contributed by atoms with Crippen molar-refractivity contribution in [2.75, 3.05) is 18.6 Å². The average Bonchev–Trinajstić information content (AvgIpc) is 2.39. The summed E-state index contributed by atoms with van der Waals surface area (Å²) in [5, 5.41) is 0. The number of nitrogen functional groups attached to an aromatic ring is 1. The van der Waals surface area contributed by atoms with Gasteiger partial charge in [-0.3, -0.25) is 0 Å². The van der Waals surface area contributed by atoms with Gasteiger partial charge in [0.15, 0.2) is 0 Å². The lowest BCUT2D eigenvalue weighted by Gasteiger charge is -2.22. The van der Waals surface area contributed by atoms with Gasteiger partial charge >= 0.3 is 0 Å². The Morgan fingerprint density at radius 3 is 2.61 bits per heavy atom. The van der Waals surface area contributed by atoms with Crippen molar-refractivity contribution in [3.8, 4) is 0 Å². The fourth-order valence-electron chi connectivity index (χ4n) is 1.73. The van der Waals surface area contributed by atoms with Gasteiger partial charge in [0.25, 0.3) is 0 Å². The number of aromatic nitrogens is 1. The van der Waals surface area contributed by atoms with Crippen molar-refractivity contribution in [2.24, 2.45) is 5.84 Å². The molecule has 0 saturated carbocycles. The highest BCUT2D eigenvalue weighted by Crippen LogP contribution is 2.13. The molecule has 0 spiro atoms. The molecule has 1 aromatic heterocycles. The summed E-state index contributed by atoms with van der Waals surface area (Å²) in [5.41, 5.74) is 2.34. The van der Waals surface area contributed by atoms with E-state index in [1.54, 1.807) is 0 Å². The van der Waals surface area contributed by atoms with Crippen molar-refractivity contribution < 1.29 is 13.2 Å². The van der Waals surface area contributed by atoms with Crippen LogP contribution >= 0.6 is 0 Å². The normalized spacial score (nSPS) is 17.6. The van der Waals surface area contributed by atoms with Crippen LogP contribution in [-0.2, 0) is 14.8 Å². The first-order valence-electron chi connectivity index (χ1n) is 5.64. The standard InChI is InChI=1S/C10H16N4O3S/c11-13-10-2-1-9(7-12-10)18(15,16)14-8-3-5-17-6-4-8/h1-2,7-8,14H,3-6,11H2,(H,12,13). The van der Waals surface area contributed by atoms with Gasteiger partial charge in [-0.1, -0.05) is 0 Å². The number of nitrogens with two attached hydrogens (primary N) is 1. The van der Waals surface area contributed by atoms with Crippen molar-refractivity contribution in [1.82, 2.24) is 9.71 Å². The molecule has 0 amide bonds. The van der Waals surface area contributed by atoms with Gasteiger partial charge in [-0.2, -0.15) is 0 Å². The number of sulfonamides is 1. The Balaban J connectivity index is 2.08. The molecule has 4 N–H and O–H groups in total. The first-order chi connectivity index (χ1) is 8.62. The first kappa shape index (κ1) is 13.2. The van der Waals surface area contributed by atoms with Gasteiger partial charge in [-0.15, -0.1) is 0 Å². The zero-order valence-electron chi connectivity index (χ0n) is 9.80. The number of hydrogen-bond donors (Lipinski definition) is 3. The third-order valence-corrected chi connectivity index (χ3v) is 4.24. The highest BCUT2D eigenvalue weighted by atomic mass is 32.2. The Kier molecular flexibility index (Phi) is 4.12. The van der Waals surface area contributed by atoms with Crippen LogP contribution in [0.25, 0.3) is 0 Å². The number of ether oxygens (including phenoxy) is 1. The molecule has 0 unspecified atom stereocenters. The molecular weight excluding hydrogens is 256 g/mol. The van der Waals surface area contributed by atoms with Crippen LogP contribution in [0, 0.1) is 0 Å². The van der Waals surface area contributed by atoms with E-state index >= 15 is 0 Å². The predicted octanol–water partition coefficient (Wildman–Crippen LogP) is -0.175. The highest BCUT2D eigenvalue weighted by molar-refractivity contribution is 7.89. The number of nitrogens with zero attached hydrogens (tertiary/aromatic N) is 1. The Bertz CT molecular complexity index is 482. The molecule has 0 atom stereocenters. The lowest BCUT2D eigenvalue weighted by atomic mass is 10.1. The van der Waals surface area contributed by atoms with E-state index in [0.717, 1.165) is 0 Å². The molecule has 8 heteroatoms. The quantitative estimate of drug-likeness (QED) is 0.519. The maximum Gasteiger partial charge on any atom is 0.242 e. The number of hydrogen-bond acceptors (Lipinski definition) is 6. The Morgan fingerprint density at radius 2 is 2.06 bits per heavy atom. The van der Waals surface area contributed by atoms with Gasteiger partial charge in [0.05, 0.1) is 0 Å². The van der Waals surface area contributed by atoms with E-state index in [-0.39, 0.29) is 10.9 Å². The lowest BCUT2D eigenvalue weighted by Crippen LogP contribution is -2.38. The average molecular weight is 272 g/mol. The van der Waals surface area contributed by atoms with Crippen molar-refractivity contribution in [3.05, 3.63) is 18.3 Å². The van der Waals surface area contributed by atoms with E-state index in [0.29, 0.717) is 31.9 Å². The Hall–Kier alpha value is -1.22. The predicted molar refractivity (Wildman–Crippen MR) is 66.2 cm³/mol. The van der Waals surface area contributed by atoms with Gasteiger partial charge in [0.2, 0.25) is 10.0 Å². The van der Waals surface area contributed by atoms with Crippen LogP contribution in [0.2, 0.25) is 0 Å². The Morgan fingerprint density at radius 1 is 1.33 bits per heavy atom. The van der Waals surface area contributed by atoms with Crippen LogP contribution in [0.3, 0.4) is 0 Å². The summed E-state index contributed by atoms with van der Waals surface area (Å²) in [6.07, 6.45) is 2.65. The largest absolute Gasteiger partial charge is 0.381 e. The van der Waals surface area contributed by atoms with Crippen molar-refractivity contribution in [3.63, 3.8) is 0 Å². The van der Waals surface area contributed by atoms with Crippen LogP contribution in [0.15, 0.2) is 23.2 Å². The molecule has 2 rings (SSSR count). The van der Waals surface area contributed by atoms with E-state index in [1.165, 1.54) is 18.3 Å². The zero-order chi connectivity index (χ0) is 13.0. The van der Waals surface area contributed by atoms with Gasteiger partial charge in [-0.25, -0.2) is 24.0 Å². The summed E-state index contributed by atoms with van der Waals surface area (Å²) in [7, 11) is -3.52.